The summed E-state index contributed by atoms with van der Waals surface area (Å²) < 4.78 is 11.8. The number of hydrogen-bond donors (Lipinski definition) is 2. The molecule has 2 amide bonds. The van der Waals surface area contributed by atoms with Crippen LogP contribution in [-0.4, -0.2) is 75.9 Å². The van der Waals surface area contributed by atoms with E-state index in [0.717, 1.165) is 5.56 Å². The lowest BCUT2D eigenvalue weighted by atomic mass is 9.94. The van der Waals surface area contributed by atoms with Crippen molar-refractivity contribution in [2.24, 2.45) is 0 Å². The van der Waals surface area contributed by atoms with E-state index in [0.29, 0.717) is 19.4 Å². The van der Waals surface area contributed by atoms with Crippen molar-refractivity contribution in [3.05, 3.63) is 60.2 Å². The van der Waals surface area contributed by atoms with Gasteiger partial charge in [-0.1, -0.05) is 30.3 Å². The highest BCUT2D eigenvalue weighted by atomic mass is 16.5. The van der Waals surface area contributed by atoms with Crippen molar-refractivity contribution >= 4 is 11.8 Å². The van der Waals surface area contributed by atoms with Crippen LogP contribution in [0.3, 0.4) is 0 Å². The van der Waals surface area contributed by atoms with Crippen molar-refractivity contribution in [3.63, 3.8) is 0 Å². The highest BCUT2D eigenvalue weighted by Gasteiger charge is 2.40. The molecular weight excluding hydrogens is 412 g/mol. The van der Waals surface area contributed by atoms with E-state index in [4.69, 9.17) is 9.47 Å². The van der Waals surface area contributed by atoms with Gasteiger partial charge in [-0.15, -0.1) is 0 Å². The summed E-state index contributed by atoms with van der Waals surface area (Å²) in [5, 5.41) is 13.2. The zero-order chi connectivity index (χ0) is 22.3. The summed E-state index contributed by atoms with van der Waals surface area (Å²) in [5.41, 5.74) is 1.26. The standard InChI is InChI=1S/C23H28N4O5/c28-17-13-27(23(30)19-12-24-8-9-25-19)20-7-6-18(32-21(20)15-31-14-17)10-22(29)26-11-16-4-2-1-3-5-16/h1-5,8-9,12,17-18,20-21,28H,6-7,10-11,13-15H2,(H,26,29)/t17-,18-,20+,21-/m0/s1. The van der Waals surface area contributed by atoms with E-state index in [-0.39, 0.29) is 61.9 Å². The first kappa shape index (κ1) is 22.3. The lowest BCUT2D eigenvalue weighted by molar-refractivity contribution is -0.151. The summed E-state index contributed by atoms with van der Waals surface area (Å²) in [4.78, 5) is 35.2. The van der Waals surface area contributed by atoms with Gasteiger partial charge in [0.25, 0.3) is 5.91 Å². The number of rotatable bonds is 5. The minimum absolute atomic E-state index is 0.0769. The Morgan fingerprint density at radius 1 is 1.16 bits per heavy atom. The summed E-state index contributed by atoms with van der Waals surface area (Å²) in [6.45, 7) is 0.954. The van der Waals surface area contributed by atoms with E-state index in [2.05, 4.69) is 15.3 Å². The minimum Gasteiger partial charge on any atom is -0.389 e. The number of fused-ring (bicyclic) bond motifs is 1. The lowest BCUT2D eigenvalue weighted by Crippen LogP contribution is -2.57. The molecule has 2 fully saturated rings. The van der Waals surface area contributed by atoms with Crippen LogP contribution in [0.15, 0.2) is 48.9 Å². The largest absolute Gasteiger partial charge is 0.389 e. The number of nitrogens with one attached hydrogen (secondary N) is 1. The van der Waals surface area contributed by atoms with Gasteiger partial charge in [0, 0.05) is 25.5 Å². The Morgan fingerprint density at radius 2 is 2.00 bits per heavy atom. The fraction of sp³-hybridized carbons (Fsp3) is 0.478. The molecule has 0 radical (unpaired) electrons. The van der Waals surface area contributed by atoms with Gasteiger partial charge in [0.1, 0.15) is 11.8 Å². The molecule has 2 aromatic rings. The van der Waals surface area contributed by atoms with Crippen LogP contribution in [0.2, 0.25) is 0 Å². The number of aromatic nitrogens is 2. The monoisotopic (exact) mass is 440 g/mol. The second kappa shape index (κ2) is 10.6. The molecule has 2 aliphatic rings. The Bertz CT molecular complexity index is 898. The van der Waals surface area contributed by atoms with Crippen LogP contribution < -0.4 is 5.32 Å². The fourth-order valence-electron chi connectivity index (χ4n) is 4.21. The second-order valence-electron chi connectivity index (χ2n) is 8.15. The fourth-order valence-corrected chi connectivity index (χ4v) is 4.21. The van der Waals surface area contributed by atoms with E-state index in [1.165, 1.54) is 18.6 Å². The second-order valence-corrected chi connectivity index (χ2v) is 8.15. The molecule has 2 aliphatic heterocycles. The van der Waals surface area contributed by atoms with Crippen molar-refractivity contribution < 1.29 is 24.2 Å². The van der Waals surface area contributed by atoms with Gasteiger partial charge in [-0.3, -0.25) is 14.6 Å². The van der Waals surface area contributed by atoms with E-state index in [9.17, 15) is 14.7 Å². The average molecular weight is 441 g/mol. The van der Waals surface area contributed by atoms with Gasteiger partial charge in [0.05, 0.1) is 44.1 Å². The summed E-state index contributed by atoms with van der Waals surface area (Å²) in [5.74, 6) is -0.372. The zero-order valence-corrected chi connectivity index (χ0v) is 17.8. The maximum absolute atomic E-state index is 13.1. The van der Waals surface area contributed by atoms with E-state index in [1.807, 2.05) is 30.3 Å². The van der Waals surface area contributed by atoms with Crippen LogP contribution in [0.4, 0.5) is 0 Å². The van der Waals surface area contributed by atoms with Gasteiger partial charge in [0.2, 0.25) is 5.91 Å². The first-order valence-corrected chi connectivity index (χ1v) is 10.9. The Hall–Kier alpha value is -2.88. The van der Waals surface area contributed by atoms with Crippen LogP contribution in [0.5, 0.6) is 0 Å². The van der Waals surface area contributed by atoms with Crippen LogP contribution in [-0.2, 0) is 20.8 Å². The van der Waals surface area contributed by atoms with Crippen LogP contribution in [0.25, 0.3) is 0 Å². The van der Waals surface area contributed by atoms with Gasteiger partial charge in [0.15, 0.2) is 0 Å². The summed E-state index contributed by atoms with van der Waals surface area (Å²) in [6.07, 6.45) is 4.47. The number of benzene rings is 1. The Morgan fingerprint density at radius 3 is 2.78 bits per heavy atom. The molecular formula is C23H28N4O5. The number of nitrogens with zero attached hydrogens (tertiary/aromatic N) is 3. The molecule has 0 saturated carbocycles. The van der Waals surface area contributed by atoms with Crippen LogP contribution >= 0.6 is 0 Å². The lowest BCUT2D eigenvalue weighted by Gasteiger charge is -2.44. The van der Waals surface area contributed by atoms with Crippen molar-refractivity contribution in [2.75, 3.05) is 19.8 Å². The van der Waals surface area contributed by atoms with E-state index >= 15 is 0 Å². The molecule has 1 aromatic carbocycles. The highest BCUT2D eigenvalue weighted by Crippen LogP contribution is 2.28. The first-order chi connectivity index (χ1) is 15.6. The number of β-amino-alcohol motifs (C(OH)–C–C–N with tert-alkyl or cyclic N) is 1. The number of carbonyl (C=O) groups is 2. The molecule has 4 rings (SSSR count). The van der Waals surface area contributed by atoms with Crippen LogP contribution in [0.1, 0.15) is 35.3 Å². The minimum atomic E-state index is -0.793. The van der Waals surface area contributed by atoms with Gasteiger partial charge in [-0.05, 0) is 18.4 Å². The predicted octanol–water partition coefficient (Wildman–Crippen LogP) is 0.933. The number of amides is 2. The molecule has 0 bridgehead atoms. The van der Waals surface area contributed by atoms with Crippen molar-refractivity contribution in [1.82, 2.24) is 20.2 Å². The third kappa shape index (κ3) is 5.67. The summed E-state index contributed by atoms with van der Waals surface area (Å²) >= 11 is 0. The third-order valence-corrected chi connectivity index (χ3v) is 5.77. The zero-order valence-electron chi connectivity index (χ0n) is 17.8. The molecule has 0 unspecified atom stereocenters. The number of aliphatic hydroxyl groups excluding tert-OH is 1. The molecule has 9 nitrogen and oxygen atoms in total. The third-order valence-electron chi connectivity index (χ3n) is 5.77. The number of hydrogen-bond acceptors (Lipinski definition) is 7. The van der Waals surface area contributed by atoms with Gasteiger partial charge in [-0.25, -0.2) is 4.98 Å². The first-order valence-electron chi connectivity index (χ1n) is 10.9. The van der Waals surface area contributed by atoms with Gasteiger partial charge in [-0.2, -0.15) is 0 Å². The van der Waals surface area contributed by atoms with Gasteiger partial charge >= 0.3 is 0 Å². The average Bonchev–Trinajstić information content (AvgIpc) is 2.81. The summed E-state index contributed by atoms with van der Waals surface area (Å²) in [7, 11) is 0. The maximum Gasteiger partial charge on any atom is 0.274 e. The SMILES string of the molecule is O=C(C[C@@H]1CC[C@@H]2[C@H](COC[C@@H](O)CN2C(=O)c2cnccn2)O1)NCc1ccccc1. The van der Waals surface area contributed by atoms with E-state index in [1.54, 1.807) is 4.90 Å². The topological polar surface area (TPSA) is 114 Å². The number of aliphatic hydroxyl groups is 1. The molecule has 0 spiro atoms. The molecule has 1 aromatic heterocycles. The Labute approximate surface area is 186 Å². The smallest absolute Gasteiger partial charge is 0.274 e. The molecule has 170 valence electrons. The molecule has 2 N–H and O–H groups in total. The van der Waals surface area contributed by atoms with Gasteiger partial charge < -0.3 is 24.8 Å². The quantitative estimate of drug-likeness (QED) is 0.711. The Kier molecular flexibility index (Phi) is 7.41. The van der Waals surface area contributed by atoms with Crippen LogP contribution in [0, 0.1) is 0 Å². The molecule has 3 heterocycles. The van der Waals surface area contributed by atoms with Crippen molar-refractivity contribution in [1.29, 1.82) is 0 Å². The van der Waals surface area contributed by atoms with Crippen molar-refractivity contribution in [3.8, 4) is 0 Å². The molecule has 0 aliphatic carbocycles. The van der Waals surface area contributed by atoms with E-state index < -0.39 is 6.10 Å². The summed E-state index contributed by atoms with van der Waals surface area (Å²) in [6, 6.07) is 9.46. The normalized spacial score (nSPS) is 25.8. The van der Waals surface area contributed by atoms with Crippen molar-refractivity contribution in [2.45, 2.75) is 50.2 Å². The highest BCUT2D eigenvalue weighted by molar-refractivity contribution is 5.92. The predicted molar refractivity (Wildman–Crippen MR) is 114 cm³/mol. The number of ether oxygens (including phenoxy) is 2. The molecule has 9 heteroatoms. The number of carbonyl (C=O) groups excluding carboxylic acids is 2. The molecule has 2 saturated heterocycles. The molecule has 32 heavy (non-hydrogen) atoms. The maximum atomic E-state index is 13.1. The Balaban J connectivity index is 1.38. The molecule has 4 atom stereocenters.